The first-order valence-corrected chi connectivity index (χ1v) is 7.90. The van der Waals surface area contributed by atoms with Crippen LogP contribution in [-0.4, -0.2) is 6.54 Å². The summed E-state index contributed by atoms with van der Waals surface area (Å²) in [5, 5.41) is 5.59. The van der Waals surface area contributed by atoms with Crippen molar-refractivity contribution in [1.82, 2.24) is 0 Å². The predicted octanol–water partition coefficient (Wildman–Crippen LogP) is 4.79. The third-order valence-electron chi connectivity index (χ3n) is 3.16. The molecule has 3 N–H and O–H groups in total. The van der Waals surface area contributed by atoms with Gasteiger partial charge < -0.3 is 11.1 Å². The lowest BCUT2D eigenvalue weighted by molar-refractivity contribution is 0.569. The van der Waals surface area contributed by atoms with E-state index in [9.17, 15) is 0 Å². The molecule has 0 saturated heterocycles. The van der Waals surface area contributed by atoms with Gasteiger partial charge in [0.15, 0.2) is 0 Å². The van der Waals surface area contributed by atoms with Crippen molar-refractivity contribution < 1.29 is 0 Å². The van der Waals surface area contributed by atoms with Gasteiger partial charge in [-0.2, -0.15) is 0 Å². The lowest BCUT2D eigenvalue weighted by Crippen LogP contribution is -2.26. The number of hydrogen-bond acceptors (Lipinski definition) is 3. The first kappa shape index (κ1) is 14.4. The summed E-state index contributed by atoms with van der Waals surface area (Å²) in [6, 6.07) is 8.26. The molecule has 2 rings (SSSR count). The summed E-state index contributed by atoms with van der Waals surface area (Å²) in [7, 11) is 0. The zero-order chi connectivity index (χ0) is 14.0. The van der Waals surface area contributed by atoms with Gasteiger partial charge in [0.2, 0.25) is 0 Å². The largest absolute Gasteiger partial charge is 0.397 e. The highest BCUT2D eigenvalue weighted by atomic mass is 79.9. The van der Waals surface area contributed by atoms with Gasteiger partial charge in [-0.15, -0.1) is 11.3 Å². The molecule has 0 aliphatic rings. The van der Waals surface area contributed by atoms with E-state index in [1.165, 1.54) is 10.4 Å². The van der Waals surface area contributed by atoms with E-state index in [4.69, 9.17) is 5.73 Å². The van der Waals surface area contributed by atoms with Crippen LogP contribution in [0.4, 0.5) is 11.4 Å². The molecule has 2 aromatic rings. The molecule has 19 heavy (non-hydrogen) atoms. The highest BCUT2D eigenvalue weighted by Gasteiger charge is 2.22. The molecule has 1 aromatic carbocycles. The number of nitrogen functional groups attached to an aromatic ring is 1. The van der Waals surface area contributed by atoms with Crippen molar-refractivity contribution in [3.63, 3.8) is 0 Å². The summed E-state index contributed by atoms with van der Waals surface area (Å²) >= 11 is 5.29. The minimum Gasteiger partial charge on any atom is -0.397 e. The van der Waals surface area contributed by atoms with Gasteiger partial charge in [-0.25, -0.2) is 0 Å². The normalized spacial score (nSPS) is 11.6. The molecule has 0 spiro atoms. The molecule has 0 atom stereocenters. The topological polar surface area (TPSA) is 38.0 Å². The van der Waals surface area contributed by atoms with Crippen LogP contribution in [0, 0.1) is 6.92 Å². The molecule has 1 heterocycles. The van der Waals surface area contributed by atoms with Crippen molar-refractivity contribution in [2.75, 3.05) is 17.6 Å². The fraction of sp³-hybridized carbons (Fsp3) is 0.333. The van der Waals surface area contributed by atoms with Crippen LogP contribution in [0.25, 0.3) is 0 Å². The van der Waals surface area contributed by atoms with Crippen LogP contribution >= 0.6 is 27.3 Å². The van der Waals surface area contributed by atoms with Gasteiger partial charge in [-0.1, -0.05) is 19.9 Å². The van der Waals surface area contributed by atoms with Crippen molar-refractivity contribution in [2.45, 2.75) is 26.2 Å². The Morgan fingerprint density at radius 1 is 1.32 bits per heavy atom. The maximum Gasteiger partial charge on any atom is 0.0576 e. The lowest BCUT2D eigenvalue weighted by atomic mass is 9.91. The third-order valence-corrected chi connectivity index (χ3v) is 5.22. The fourth-order valence-electron chi connectivity index (χ4n) is 1.89. The molecule has 0 unspecified atom stereocenters. The number of thiophene rings is 1. The van der Waals surface area contributed by atoms with Gasteiger partial charge in [0.25, 0.3) is 0 Å². The molecule has 102 valence electrons. The highest BCUT2D eigenvalue weighted by Crippen LogP contribution is 2.32. The van der Waals surface area contributed by atoms with Crippen LogP contribution in [0.3, 0.4) is 0 Å². The Morgan fingerprint density at radius 3 is 2.68 bits per heavy atom. The van der Waals surface area contributed by atoms with Crippen molar-refractivity contribution >= 4 is 38.6 Å². The Kier molecular flexibility index (Phi) is 4.21. The molecule has 0 aliphatic heterocycles. The highest BCUT2D eigenvalue weighted by molar-refractivity contribution is 9.10. The van der Waals surface area contributed by atoms with Crippen LogP contribution in [-0.2, 0) is 5.41 Å². The average molecular weight is 339 g/mol. The predicted molar refractivity (Wildman–Crippen MR) is 89.1 cm³/mol. The Bertz CT molecular complexity index is 575. The Labute approximate surface area is 127 Å². The number of rotatable bonds is 4. The smallest absolute Gasteiger partial charge is 0.0576 e. The standard InChI is InChI=1S/C15H19BrN2S/c1-10-4-5-12(17)13(6-10)18-9-15(2,3)14-7-11(16)8-19-14/h4-8,18H,9,17H2,1-3H3. The van der Waals surface area contributed by atoms with Crippen LogP contribution in [0.5, 0.6) is 0 Å². The zero-order valence-electron chi connectivity index (χ0n) is 11.5. The van der Waals surface area contributed by atoms with E-state index in [1.807, 2.05) is 12.1 Å². The first-order chi connectivity index (χ1) is 8.88. The molecule has 4 heteroatoms. The van der Waals surface area contributed by atoms with Crippen LogP contribution < -0.4 is 11.1 Å². The number of nitrogens with two attached hydrogens (primary N) is 1. The molecule has 2 nitrogen and oxygen atoms in total. The first-order valence-electron chi connectivity index (χ1n) is 6.23. The molecule has 0 amide bonds. The van der Waals surface area contributed by atoms with Gasteiger partial charge in [-0.3, -0.25) is 0 Å². The van der Waals surface area contributed by atoms with Crippen molar-refractivity contribution in [3.8, 4) is 0 Å². The summed E-state index contributed by atoms with van der Waals surface area (Å²) < 4.78 is 1.15. The van der Waals surface area contributed by atoms with Gasteiger partial charge in [0.1, 0.15) is 0 Å². The van der Waals surface area contributed by atoms with Crippen molar-refractivity contribution in [3.05, 3.63) is 44.6 Å². The molecular formula is C15H19BrN2S. The van der Waals surface area contributed by atoms with E-state index < -0.39 is 0 Å². The van der Waals surface area contributed by atoms with E-state index >= 15 is 0 Å². The third kappa shape index (κ3) is 3.51. The maximum absolute atomic E-state index is 5.99. The molecule has 0 saturated carbocycles. The number of benzene rings is 1. The van der Waals surface area contributed by atoms with Crippen LogP contribution in [0.1, 0.15) is 24.3 Å². The zero-order valence-corrected chi connectivity index (χ0v) is 13.9. The number of halogens is 1. The second-order valence-electron chi connectivity index (χ2n) is 5.46. The minimum atomic E-state index is 0.0763. The molecule has 0 bridgehead atoms. The number of aryl methyl sites for hydroxylation is 1. The van der Waals surface area contributed by atoms with E-state index in [0.29, 0.717) is 0 Å². The average Bonchev–Trinajstić information content (AvgIpc) is 2.78. The number of nitrogens with one attached hydrogen (secondary N) is 1. The van der Waals surface area contributed by atoms with E-state index in [0.717, 1.165) is 22.4 Å². The van der Waals surface area contributed by atoms with Crippen molar-refractivity contribution in [2.24, 2.45) is 0 Å². The van der Waals surface area contributed by atoms with Gasteiger partial charge in [-0.05, 0) is 46.6 Å². The van der Waals surface area contributed by atoms with E-state index in [2.05, 4.69) is 59.5 Å². The van der Waals surface area contributed by atoms with E-state index in [1.54, 1.807) is 11.3 Å². The fourth-order valence-corrected chi connectivity index (χ4v) is 3.45. The molecule has 1 aromatic heterocycles. The van der Waals surface area contributed by atoms with Crippen LogP contribution in [0.2, 0.25) is 0 Å². The monoisotopic (exact) mass is 338 g/mol. The van der Waals surface area contributed by atoms with Crippen LogP contribution in [0.15, 0.2) is 34.1 Å². The Hall–Kier alpha value is -1.000. The molecular weight excluding hydrogens is 320 g/mol. The molecule has 0 radical (unpaired) electrons. The second kappa shape index (κ2) is 5.55. The summed E-state index contributed by atoms with van der Waals surface area (Å²) in [4.78, 5) is 1.36. The summed E-state index contributed by atoms with van der Waals surface area (Å²) in [5.74, 6) is 0. The van der Waals surface area contributed by atoms with Crippen molar-refractivity contribution in [1.29, 1.82) is 0 Å². The second-order valence-corrected chi connectivity index (χ2v) is 7.28. The lowest BCUT2D eigenvalue weighted by Gasteiger charge is -2.25. The number of anilines is 2. The van der Waals surface area contributed by atoms with Gasteiger partial charge in [0, 0.05) is 26.7 Å². The SMILES string of the molecule is Cc1ccc(N)c(NCC(C)(C)c2cc(Br)cs2)c1. The minimum absolute atomic E-state index is 0.0763. The Morgan fingerprint density at radius 2 is 2.05 bits per heavy atom. The summed E-state index contributed by atoms with van der Waals surface area (Å²) in [6.07, 6.45) is 0. The summed E-state index contributed by atoms with van der Waals surface area (Å²) in [6.45, 7) is 7.41. The van der Waals surface area contributed by atoms with E-state index in [-0.39, 0.29) is 5.41 Å². The Balaban J connectivity index is 2.11. The van der Waals surface area contributed by atoms with Gasteiger partial charge >= 0.3 is 0 Å². The maximum atomic E-state index is 5.99. The quantitative estimate of drug-likeness (QED) is 0.786. The van der Waals surface area contributed by atoms with Gasteiger partial charge in [0.05, 0.1) is 11.4 Å². The summed E-state index contributed by atoms with van der Waals surface area (Å²) in [5.41, 5.74) is 9.10. The molecule has 0 fully saturated rings. The number of hydrogen-bond donors (Lipinski definition) is 2. The molecule has 0 aliphatic carbocycles.